The van der Waals surface area contributed by atoms with Crippen LogP contribution in [-0.2, 0) is 4.79 Å². The second-order valence-corrected chi connectivity index (χ2v) is 5.53. The first-order valence-electron chi connectivity index (χ1n) is 7.61. The molecule has 1 aromatic carbocycles. The number of nitrogens with two attached hydrogens (primary N) is 1. The van der Waals surface area contributed by atoms with E-state index in [0.29, 0.717) is 6.42 Å². The van der Waals surface area contributed by atoms with Crippen molar-refractivity contribution >= 4 is 18.3 Å². The number of carbonyl (C=O) groups is 1. The first-order valence-corrected chi connectivity index (χ1v) is 7.61. The summed E-state index contributed by atoms with van der Waals surface area (Å²) in [4.78, 5) is 11.9. The maximum atomic E-state index is 11.9. The van der Waals surface area contributed by atoms with Gasteiger partial charge in [-0.15, -0.1) is 12.4 Å². The van der Waals surface area contributed by atoms with Crippen LogP contribution in [0.4, 0.5) is 0 Å². The Hall–Kier alpha value is -1.06. The molecule has 1 aromatic rings. The number of nitrogens with one attached hydrogen (secondary N) is 1. The number of halogens is 1. The van der Waals surface area contributed by atoms with Crippen molar-refractivity contribution in [1.82, 2.24) is 5.32 Å². The van der Waals surface area contributed by atoms with Gasteiger partial charge in [-0.1, -0.05) is 31.0 Å². The second-order valence-electron chi connectivity index (χ2n) is 5.53. The second kappa shape index (κ2) is 10.6. The molecule has 1 atom stereocenters. The molecule has 0 heterocycles. The molecule has 0 saturated heterocycles. The predicted octanol–water partition coefficient (Wildman–Crippen LogP) is 3.81. The molecule has 0 aliphatic heterocycles. The van der Waals surface area contributed by atoms with Gasteiger partial charge in [-0.05, 0) is 56.8 Å². The Balaban J connectivity index is 0.00000400. The van der Waals surface area contributed by atoms with Crippen LogP contribution in [0.1, 0.15) is 61.8 Å². The van der Waals surface area contributed by atoms with Crippen LogP contribution in [0.5, 0.6) is 0 Å². The lowest BCUT2D eigenvalue weighted by molar-refractivity contribution is -0.121. The summed E-state index contributed by atoms with van der Waals surface area (Å²) in [6, 6.07) is 6.32. The van der Waals surface area contributed by atoms with E-state index in [1.165, 1.54) is 16.7 Å². The summed E-state index contributed by atoms with van der Waals surface area (Å²) in [5.74, 6) is 0.145. The fraction of sp³-hybridized carbons (Fsp3) is 0.588. The Labute approximate surface area is 135 Å². The normalized spacial score (nSPS) is 11.6. The van der Waals surface area contributed by atoms with Crippen molar-refractivity contribution in [2.45, 2.75) is 58.9 Å². The zero-order valence-corrected chi connectivity index (χ0v) is 14.3. The summed E-state index contributed by atoms with van der Waals surface area (Å²) in [5.41, 5.74) is 9.19. The number of unbranched alkanes of at least 4 members (excludes halogenated alkanes) is 3. The van der Waals surface area contributed by atoms with E-state index in [9.17, 15) is 4.79 Å². The van der Waals surface area contributed by atoms with Gasteiger partial charge in [0.15, 0.2) is 0 Å². The summed E-state index contributed by atoms with van der Waals surface area (Å²) < 4.78 is 0. The molecule has 21 heavy (non-hydrogen) atoms. The number of rotatable bonds is 8. The molecule has 0 aromatic heterocycles. The van der Waals surface area contributed by atoms with Crippen LogP contribution in [-0.4, -0.2) is 12.5 Å². The maximum absolute atomic E-state index is 11.9. The molecule has 4 heteroatoms. The molecule has 0 fully saturated rings. The third-order valence-corrected chi connectivity index (χ3v) is 3.85. The zero-order chi connectivity index (χ0) is 15.0. The van der Waals surface area contributed by atoms with Crippen molar-refractivity contribution in [3.63, 3.8) is 0 Å². The van der Waals surface area contributed by atoms with Crippen LogP contribution in [0.2, 0.25) is 0 Å². The molecule has 0 aliphatic carbocycles. The van der Waals surface area contributed by atoms with E-state index in [1.54, 1.807) is 0 Å². The van der Waals surface area contributed by atoms with Gasteiger partial charge in [0.2, 0.25) is 5.91 Å². The minimum Gasteiger partial charge on any atom is -0.350 e. The van der Waals surface area contributed by atoms with E-state index in [-0.39, 0.29) is 24.4 Å². The highest BCUT2D eigenvalue weighted by atomic mass is 35.5. The van der Waals surface area contributed by atoms with Crippen molar-refractivity contribution in [2.24, 2.45) is 5.73 Å². The molecule has 0 bridgehead atoms. The highest BCUT2D eigenvalue weighted by Crippen LogP contribution is 2.20. The van der Waals surface area contributed by atoms with Gasteiger partial charge >= 0.3 is 0 Å². The number of amides is 1. The Morgan fingerprint density at radius 3 is 2.52 bits per heavy atom. The molecule has 0 saturated carbocycles. The molecule has 3 N–H and O–H groups in total. The lowest BCUT2D eigenvalue weighted by Gasteiger charge is -2.18. The summed E-state index contributed by atoms with van der Waals surface area (Å²) in [6.07, 6.45) is 4.82. The minimum absolute atomic E-state index is 0. The van der Waals surface area contributed by atoms with Crippen LogP contribution in [0.25, 0.3) is 0 Å². The lowest BCUT2D eigenvalue weighted by Crippen LogP contribution is -2.26. The molecule has 0 radical (unpaired) electrons. The molecule has 3 nitrogen and oxygen atoms in total. The molecule has 0 aliphatic rings. The highest BCUT2D eigenvalue weighted by Gasteiger charge is 2.12. The Kier molecular flexibility index (Phi) is 10.1. The molecule has 1 unspecified atom stereocenters. The Morgan fingerprint density at radius 1 is 1.19 bits per heavy atom. The zero-order valence-electron chi connectivity index (χ0n) is 13.4. The van der Waals surface area contributed by atoms with Gasteiger partial charge in [-0.25, -0.2) is 0 Å². The van der Waals surface area contributed by atoms with E-state index < -0.39 is 0 Å². The largest absolute Gasteiger partial charge is 0.350 e. The fourth-order valence-corrected chi connectivity index (χ4v) is 2.42. The third kappa shape index (κ3) is 6.96. The van der Waals surface area contributed by atoms with E-state index >= 15 is 0 Å². The van der Waals surface area contributed by atoms with Crippen molar-refractivity contribution in [1.29, 1.82) is 0 Å². The first-order chi connectivity index (χ1) is 9.56. The van der Waals surface area contributed by atoms with Crippen LogP contribution in [0.15, 0.2) is 18.2 Å². The average molecular weight is 313 g/mol. The number of hydrogen-bond donors (Lipinski definition) is 2. The van der Waals surface area contributed by atoms with Crippen LogP contribution >= 0.6 is 12.4 Å². The van der Waals surface area contributed by atoms with E-state index in [2.05, 4.69) is 31.3 Å². The van der Waals surface area contributed by atoms with Crippen LogP contribution < -0.4 is 11.1 Å². The number of carbonyl (C=O) groups excluding carboxylic acids is 1. The molecule has 1 rings (SSSR count). The Bertz CT molecular complexity index is 435. The maximum Gasteiger partial charge on any atom is 0.220 e. The average Bonchev–Trinajstić information content (AvgIpc) is 2.41. The number of benzene rings is 1. The van der Waals surface area contributed by atoms with Gasteiger partial charge in [0, 0.05) is 6.42 Å². The molecular weight excluding hydrogens is 284 g/mol. The first kappa shape index (κ1) is 19.9. The standard InChI is InChI=1S/C17H28N2O.ClH/c1-13-9-8-10-16(14(13)2)15(3)19-17(20)11-6-4-5-7-12-18;/h8-10,15H,4-7,11-12,18H2,1-3H3,(H,19,20);1H. The lowest BCUT2D eigenvalue weighted by atomic mass is 9.98. The quantitative estimate of drug-likeness (QED) is 0.717. The number of aryl methyl sites for hydroxylation is 1. The SMILES string of the molecule is Cc1cccc(C(C)NC(=O)CCCCCCN)c1C.Cl. The van der Waals surface area contributed by atoms with Gasteiger partial charge in [0.05, 0.1) is 6.04 Å². The van der Waals surface area contributed by atoms with E-state index in [1.807, 2.05) is 13.0 Å². The molecule has 0 spiro atoms. The molecule has 1 amide bonds. The fourth-order valence-electron chi connectivity index (χ4n) is 2.42. The van der Waals surface area contributed by atoms with E-state index in [0.717, 1.165) is 32.2 Å². The summed E-state index contributed by atoms with van der Waals surface area (Å²) >= 11 is 0. The number of hydrogen-bond acceptors (Lipinski definition) is 2. The third-order valence-electron chi connectivity index (χ3n) is 3.85. The smallest absolute Gasteiger partial charge is 0.220 e. The van der Waals surface area contributed by atoms with Crippen molar-refractivity contribution in [2.75, 3.05) is 6.54 Å². The van der Waals surface area contributed by atoms with Gasteiger partial charge in [-0.3, -0.25) is 4.79 Å². The van der Waals surface area contributed by atoms with Gasteiger partial charge < -0.3 is 11.1 Å². The summed E-state index contributed by atoms with van der Waals surface area (Å²) in [5, 5.41) is 3.09. The summed E-state index contributed by atoms with van der Waals surface area (Å²) in [6.45, 7) is 7.01. The van der Waals surface area contributed by atoms with Gasteiger partial charge in [-0.2, -0.15) is 0 Å². The monoisotopic (exact) mass is 312 g/mol. The predicted molar refractivity (Wildman–Crippen MR) is 91.9 cm³/mol. The van der Waals surface area contributed by atoms with Crippen molar-refractivity contribution < 1.29 is 4.79 Å². The van der Waals surface area contributed by atoms with Crippen molar-refractivity contribution in [3.05, 3.63) is 34.9 Å². The summed E-state index contributed by atoms with van der Waals surface area (Å²) in [7, 11) is 0. The minimum atomic E-state index is 0. The van der Waals surface area contributed by atoms with Gasteiger partial charge in [0.25, 0.3) is 0 Å². The van der Waals surface area contributed by atoms with Crippen LogP contribution in [0.3, 0.4) is 0 Å². The Morgan fingerprint density at radius 2 is 1.86 bits per heavy atom. The molecule has 120 valence electrons. The van der Waals surface area contributed by atoms with Gasteiger partial charge in [0.1, 0.15) is 0 Å². The van der Waals surface area contributed by atoms with E-state index in [4.69, 9.17) is 5.73 Å². The molecular formula is C17H29ClN2O. The highest BCUT2D eigenvalue weighted by molar-refractivity contribution is 5.85. The van der Waals surface area contributed by atoms with Crippen LogP contribution in [0, 0.1) is 13.8 Å². The van der Waals surface area contributed by atoms with Crippen molar-refractivity contribution in [3.8, 4) is 0 Å². The topological polar surface area (TPSA) is 55.1 Å².